The van der Waals surface area contributed by atoms with Crippen LogP contribution in [0.25, 0.3) is 22.4 Å². The molecule has 5 heteroatoms. The molecule has 0 aliphatic heterocycles. The summed E-state index contributed by atoms with van der Waals surface area (Å²) < 4.78 is 56.8. The van der Waals surface area contributed by atoms with Crippen molar-refractivity contribution >= 4 is 0 Å². The summed E-state index contributed by atoms with van der Waals surface area (Å²) in [5.41, 5.74) is 2.65. The van der Waals surface area contributed by atoms with Crippen LogP contribution in [-0.4, -0.2) is 0 Å². The molecule has 3 rings (SSSR count). The first-order chi connectivity index (χ1) is 11.8. The molecule has 0 saturated heterocycles. The fourth-order valence-electron chi connectivity index (χ4n) is 2.98. The molecule has 1 heterocycles. The van der Waals surface area contributed by atoms with Crippen molar-refractivity contribution in [3.63, 3.8) is 0 Å². The highest BCUT2D eigenvalue weighted by molar-refractivity contribution is 5.69. The number of hydrogen-bond donors (Lipinski definition) is 0. The molecule has 128 valence electrons. The summed E-state index contributed by atoms with van der Waals surface area (Å²) in [6.07, 6.45) is 1.57. The second-order valence-electron chi connectivity index (χ2n) is 5.98. The smallest absolute Gasteiger partial charge is 0.203 e. The maximum absolute atomic E-state index is 14.2. The Balaban J connectivity index is 2.19. The number of nitrogens with zero attached hydrogens (tertiary/aromatic N) is 1. The second-order valence-corrected chi connectivity index (χ2v) is 5.98. The van der Waals surface area contributed by atoms with Gasteiger partial charge in [-0.25, -0.2) is 22.1 Å². The minimum Gasteiger partial charge on any atom is -0.203 e. The van der Waals surface area contributed by atoms with Crippen molar-refractivity contribution in [1.29, 1.82) is 0 Å². The predicted molar refractivity (Wildman–Crippen MR) is 87.8 cm³/mol. The lowest BCUT2D eigenvalue weighted by Crippen LogP contribution is -2.31. The number of rotatable bonds is 2. The molecular formula is C20H16F4N+. The van der Waals surface area contributed by atoms with Crippen molar-refractivity contribution in [3.8, 4) is 22.4 Å². The van der Waals surface area contributed by atoms with Crippen molar-refractivity contribution < 1.29 is 22.1 Å². The van der Waals surface area contributed by atoms with Crippen LogP contribution in [0.3, 0.4) is 0 Å². The van der Waals surface area contributed by atoms with Crippen LogP contribution in [0.4, 0.5) is 17.6 Å². The molecule has 0 aliphatic carbocycles. The van der Waals surface area contributed by atoms with Gasteiger partial charge in [0, 0.05) is 22.8 Å². The van der Waals surface area contributed by atoms with Gasteiger partial charge in [-0.05, 0) is 37.1 Å². The molecule has 25 heavy (non-hydrogen) atoms. The van der Waals surface area contributed by atoms with Crippen molar-refractivity contribution in [1.82, 2.24) is 0 Å². The van der Waals surface area contributed by atoms with E-state index in [1.165, 1.54) is 6.92 Å². The molecule has 0 bridgehead atoms. The van der Waals surface area contributed by atoms with Crippen LogP contribution in [-0.2, 0) is 7.05 Å². The van der Waals surface area contributed by atoms with Gasteiger partial charge in [0.15, 0.2) is 29.5 Å². The van der Waals surface area contributed by atoms with Gasteiger partial charge in [0.25, 0.3) is 0 Å². The van der Waals surface area contributed by atoms with Crippen LogP contribution < -0.4 is 4.57 Å². The van der Waals surface area contributed by atoms with E-state index in [0.29, 0.717) is 0 Å². The fraction of sp³-hybridized carbons (Fsp3) is 0.150. The Kier molecular flexibility index (Phi) is 4.33. The first kappa shape index (κ1) is 17.1. The molecule has 0 spiro atoms. The molecule has 0 amide bonds. The van der Waals surface area contributed by atoms with E-state index < -0.39 is 23.3 Å². The third-order valence-electron chi connectivity index (χ3n) is 4.35. The van der Waals surface area contributed by atoms with Gasteiger partial charge in [-0.2, -0.15) is 0 Å². The van der Waals surface area contributed by atoms with Gasteiger partial charge in [0.1, 0.15) is 7.05 Å². The lowest BCUT2D eigenvalue weighted by atomic mass is 9.98. The quantitative estimate of drug-likeness (QED) is 0.266. The molecule has 0 N–H and O–H groups in total. The number of hydrogen-bond acceptors (Lipinski definition) is 0. The Morgan fingerprint density at radius 1 is 0.760 bits per heavy atom. The summed E-state index contributed by atoms with van der Waals surface area (Å²) in [4.78, 5) is 0. The number of aryl methyl sites for hydroxylation is 2. The van der Waals surface area contributed by atoms with Gasteiger partial charge >= 0.3 is 0 Å². The van der Waals surface area contributed by atoms with Gasteiger partial charge in [-0.1, -0.05) is 18.2 Å². The highest BCUT2D eigenvalue weighted by Gasteiger charge is 2.25. The van der Waals surface area contributed by atoms with Crippen LogP contribution in [0.2, 0.25) is 0 Å². The molecule has 2 aromatic carbocycles. The highest BCUT2D eigenvalue weighted by Crippen LogP contribution is 2.32. The SMILES string of the molecule is Cc1ccccc1-c1ccc(-c2c(C)c(F)c(F)c(F)c2F)c[n+]1C. The topological polar surface area (TPSA) is 3.88 Å². The summed E-state index contributed by atoms with van der Waals surface area (Å²) in [5.74, 6) is -6.36. The van der Waals surface area contributed by atoms with Crippen LogP contribution in [0, 0.1) is 37.1 Å². The van der Waals surface area contributed by atoms with Gasteiger partial charge in [0.2, 0.25) is 5.69 Å². The van der Waals surface area contributed by atoms with Crippen LogP contribution >= 0.6 is 0 Å². The van der Waals surface area contributed by atoms with E-state index in [9.17, 15) is 17.6 Å². The number of pyridine rings is 1. The number of aromatic nitrogens is 1. The van der Waals surface area contributed by atoms with Gasteiger partial charge in [0.05, 0.1) is 0 Å². The molecule has 0 fully saturated rings. The Morgan fingerprint density at radius 3 is 2.04 bits per heavy atom. The summed E-state index contributed by atoms with van der Waals surface area (Å²) in [7, 11) is 1.76. The molecule has 0 aliphatic rings. The summed E-state index contributed by atoms with van der Waals surface area (Å²) >= 11 is 0. The van der Waals surface area contributed by atoms with Gasteiger partial charge < -0.3 is 0 Å². The van der Waals surface area contributed by atoms with Crippen molar-refractivity contribution in [2.45, 2.75) is 13.8 Å². The number of benzene rings is 2. The van der Waals surface area contributed by atoms with Crippen LogP contribution in [0.1, 0.15) is 11.1 Å². The monoisotopic (exact) mass is 346 g/mol. The zero-order chi connectivity index (χ0) is 18.3. The average molecular weight is 346 g/mol. The van der Waals surface area contributed by atoms with E-state index in [1.807, 2.05) is 31.2 Å². The zero-order valence-corrected chi connectivity index (χ0v) is 14.0. The van der Waals surface area contributed by atoms with Crippen molar-refractivity contribution in [3.05, 3.63) is 77.0 Å². The Bertz CT molecular complexity index is 951. The summed E-state index contributed by atoms with van der Waals surface area (Å²) in [5, 5.41) is 0. The lowest BCUT2D eigenvalue weighted by molar-refractivity contribution is -0.659. The van der Waals surface area contributed by atoms with E-state index in [1.54, 1.807) is 29.9 Å². The second kappa shape index (κ2) is 6.31. The normalized spacial score (nSPS) is 11.0. The van der Waals surface area contributed by atoms with Crippen molar-refractivity contribution in [2.24, 2.45) is 7.05 Å². The summed E-state index contributed by atoms with van der Waals surface area (Å²) in [6.45, 7) is 3.20. The first-order valence-electron chi connectivity index (χ1n) is 7.71. The minimum absolute atomic E-state index is 0.264. The Hall–Kier alpha value is -2.69. The Labute approximate surface area is 143 Å². The lowest BCUT2D eigenvalue weighted by Gasteiger charge is -2.11. The van der Waals surface area contributed by atoms with Gasteiger partial charge in [-0.15, -0.1) is 0 Å². The van der Waals surface area contributed by atoms with Gasteiger partial charge in [-0.3, -0.25) is 0 Å². The van der Waals surface area contributed by atoms with E-state index >= 15 is 0 Å². The largest absolute Gasteiger partial charge is 0.212 e. The van der Waals surface area contributed by atoms with E-state index in [-0.39, 0.29) is 16.7 Å². The molecule has 0 unspecified atom stereocenters. The van der Waals surface area contributed by atoms with E-state index in [4.69, 9.17) is 0 Å². The fourth-order valence-corrected chi connectivity index (χ4v) is 2.98. The number of halogens is 4. The molecule has 0 radical (unpaired) electrons. The third-order valence-corrected chi connectivity index (χ3v) is 4.35. The molecule has 1 nitrogen and oxygen atoms in total. The summed E-state index contributed by atoms with van der Waals surface area (Å²) in [6, 6.07) is 11.1. The molecule has 1 aromatic heterocycles. The molecule has 3 aromatic rings. The van der Waals surface area contributed by atoms with Crippen LogP contribution in [0.15, 0.2) is 42.6 Å². The maximum Gasteiger partial charge on any atom is 0.212 e. The minimum atomic E-state index is -1.80. The van der Waals surface area contributed by atoms with E-state index in [0.717, 1.165) is 16.8 Å². The maximum atomic E-state index is 14.2. The first-order valence-corrected chi connectivity index (χ1v) is 7.71. The predicted octanol–water partition coefficient (Wildman–Crippen LogP) is 5.02. The standard InChI is InChI=1S/C20H16F4N/c1-11-6-4-5-7-14(11)15-9-8-13(10-25(15)3)16-12(2)17(21)19(23)20(24)18(16)22/h4-10H,1-3H3/q+1. The Morgan fingerprint density at radius 2 is 1.40 bits per heavy atom. The average Bonchev–Trinajstić information content (AvgIpc) is 2.59. The van der Waals surface area contributed by atoms with E-state index in [2.05, 4.69) is 0 Å². The van der Waals surface area contributed by atoms with Crippen LogP contribution in [0.5, 0.6) is 0 Å². The molecule has 0 saturated carbocycles. The van der Waals surface area contributed by atoms with Crippen molar-refractivity contribution in [2.75, 3.05) is 0 Å². The highest BCUT2D eigenvalue weighted by atomic mass is 19.2. The third kappa shape index (κ3) is 2.80. The molecular weight excluding hydrogens is 330 g/mol. The molecule has 0 atom stereocenters. The zero-order valence-electron chi connectivity index (χ0n) is 14.0.